The third kappa shape index (κ3) is 9.92. The Morgan fingerprint density at radius 2 is 1.16 bits per heavy atom. The van der Waals surface area contributed by atoms with Gasteiger partial charge in [-0.25, -0.2) is 0 Å². The molecule has 3 aromatic carbocycles. The number of phenolic OH excluding ortho intramolecular Hbond substituents is 1. The fourth-order valence-corrected chi connectivity index (χ4v) is 3.10. The van der Waals surface area contributed by atoms with Crippen molar-refractivity contribution < 1.29 is 25.2 Å². The van der Waals surface area contributed by atoms with E-state index in [9.17, 15) is 0 Å². The maximum Gasteiger partial charge on any atom is 0.124 e. The average Bonchev–Trinajstić information content (AvgIpc) is 2.93. The molecule has 0 spiro atoms. The molecule has 2 heterocycles. The van der Waals surface area contributed by atoms with Crippen LogP contribution in [0.1, 0.15) is 16.7 Å². The molecule has 5 aromatic rings. The minimum atomic E-state index is 0. The molecule has 0 aliphatic rings. The number of aromatic hydroxyl groups is 1. The van der Waals surface area contributed by atoms with E-state index in [-0.39, 0.29) is 25.9 Å². The zero-order valence-corrected chi connectivity index (χ0v) is 23.5. The number of rotatable bonds is 3. The number of nitrogens with zero attached hydrogens (tertiary/aromatic N) is 3. The van der Waals surface area contributed by atoms with E-state index in [0.29, 0.717) is 0 Å². The van der Waals surface area contributed by atoms with E-state index in [2.05, 4.69) is 53.1 Å². The zero-order chi connectivity index (χ0) is 25.6. The Bertz CT molecular complexity index is 1260. The van der Waals surface area contributed by atoms with Crippen molar-refractivity contribution in [3.63, 3.8) is 0 Å². The number of aromatic nitrogens is 2. The third-order valence-electron chi connectivity index (χ3n) is 5.02. The van der Waals surface area contributed by atoms with Crippen LogP contribution in [0.4, 0.5) is 0 Å². The van der Waals surface area contributed by atoms with Gasteiger partial charge >= 0.3 is 0 Å². The zero-order valence-electron chi connectivity index (χ0n) is 21.1. The number of aliphatic imine (C=N–C) groups is 1. The number of aryl methyl sites for hydroxylation is 2. The number of phenols is 1. The first-order chi connectivity index (χ1) is 17.6. The van der Waals surface area contributed by atoms with Crippen molar-refractivity contribution in [3.05, 3.63) is 138 Å². The molecule has 0 bridgehead atoms. The van der Waals surface area contributed by atoms with Gasteiger partial charge in [0, 0.05) is 51.3 Å². The summed E-state index contributed by atoms with van der Waals surface area (Å²) in [6.45, 7) is 4.11. The monoisotopic (exact) mass is 664 g/mol. The number of para-hydroxylation sites is 1. The Morgan fingerprint density at radius 1 is 0.676 bits per heavy atom. The number of hydrogen-bond donors (Lipinski definition) is 1. The molecule has 0 aliphatic heterocycles. The molecule has 0 fully saturated rings. The molecule has 0 saturated heterocycles. The number of hydrogen-bond acceptors (Lipinski definition) is 4. The molecule has 1 N–H and O–H groups in total. The van der Waals surface area contributed by atoms with Crippen LogP contribution in [0.3, 0.4) is 0 Å². The Kier molecular flexibility index (Phi) is 12.6. The van der Waals surface area contributed by atoms with E-state index in [1.807, 2.05) is 72.8 Å². The van der Waals surface area contributed by atoms with Crippen LogP contribution in [0.2, 0.25) is 0 Å². The van der Waals surface area contributed by atoms with Gasteiger partial charge in [-0.15, -0.1) is 70.8 Å². The summed E-state index contributed by atoms with van der Waals surface area (Å²) >= 11 is 0. The third-order valence-corrected chi connectivity index (χ3v) is 5.02. The second kappa shape index (κ2) is 15.9. The average molecular weight is 664 g/mol. The summed E-state index contributed by atoms with van der Waals surface area (Å²) in [5.74, 6) is 0.271. The van der Waals surface area contributed by atoms with Gasteiger partial charge in [-0.05, 0) is 35.7 Å². The van der Waals surface area contributed by atoms with Gasteiger partial charge in [-0.3, -0.25) is 4.99 Å². The van der Waals surface area contributed by atoms with Crippen LogP contribution in [0.25, 0.3) is 22.5 Å². The molecule has 37 heavy (non-hydrogen) atoms. The summed E-state index contributed by atoms with van der Waals surface area (Å²) in [5, 5.41) is 9.15. The maximum atomic E-state index is 9.15. The first kappa shape index (κ1) is 29.3. The molecule has 1 radical (unpaired) electrons. The maximum absolute atomic E-state index is 9.15. The van der Waals surface area contributed by atoms with Gasteiger partial charge in [0.15, 0.2) is 0 Å². The van der Waals surface area contributed by atoms with Crippen molar-refractivity contribution in [3.8, 4) is 28.3 Å². The summed E-state index contributed by atoms with van der Waals surface area (Å²) < 4.78 is 0. The molecule has 0 unspecified atom stereocenters. The Labute approximate surface area is 233 Å². The normalized spacial score (nSPS) is 9.81. The Hall–Kier alpha value is -3.92. The Morgan fingerprint density at radius 3 is 1.54 bits per heavy atom. The molecule has 0 saturated carbocycles. The van der Waals surface area contributed by atoms with E-state index >= 15 is 0 Å². The van der Waals surface area contributed by atoms with E-state index < -0.39 is 0 Å². The molecule has 0 amide bonds. The minimum Gasteiger partial charge on any atom is -0.507 e. The van der Waals surface area contributed by atoms with Crippen LogP contribution in [0.5, 0.6) is 5.75 Å². The summed E-state index contributed by atoms with van der Waals surface area (Å²) in [7, 11) is 1.67. The van der Waals surface area contributed by atoms with E-state index in [1.54, 1.807) is 37.8 Å². The fourth-order valence-electron chi connectivity index (χ4n) is 3.10. The van der Waals surface area contributed by atoms with Crippen molar-refractivity contribution >= 4 is 6.21 Å². The van der Waals surface area contributed by atoms with Gasteiger partial charge in [0.1, 0.15) is 5.75 Å². The van der Waals surface area contributed by atoms with Crippen LogP contribution in [0.15, 0.2) is 114 Å². The first-order valence-corrected chi connectivity index (χ1v) is 11.6. The summed E-state index contributed by atoms with van der Waals surface area (Å²) in [6, 6.07) is 37.4. The fraction of sp³-hybridized carbons (Fsp3) is 0.0938. The van der Waals surface area contributed by atoms with Gasteiger partial charge in [0.05, 0.1) is 0 Å². The second-order valence-electron chi connectivity index (χ2n) is 7.94. The largest absolute Gasteiger partial charge is 0.507 e. The quantitative estimate of drug-likeness (QED) is 0.165. The van der Waals surface area contributed by atoms with Gasteiger partial charge in [0.25, 0.3) is 0 Å². The second-order valence-corrected chi connectivity index (χ2v) is 7.94. The smallest absolute Gasteiger partial charge is 0.124 e. The predicted octanol–water partition coefficient (Wildman–Crippen LogP) is 7.15. The molecular formula is C32H29IrN3O-2. The molecule has 2 aromatic heterocycles. The van der Waals surface area contributed by atoms with Crippen molar-refractivity contribution in [2.75, 3.05) is 7.05 Å². The molecule has 0 aliphatic carbocycles. The first-order valence-electron chi connectivity index (χ1n) is 11.6. The summed E-state index contributed by atoms with van der Waals surface area (Å²) in [5.41, 5.74) is 7.24. The number of pyridine rings is 2. The van der Waals surface area contributed by atoms with Crippen molar-refractivity contribution in [2.45, 2.75) is 13.8 Å². The molecule has 0 atom stereocenters. The van der Waals surface area contributed by atoms with Gasteiger partial charge in [-0.2, -0.15) is 0 Å². The Balaban J connectivity index is 0.000000195. The van der Waals surface area contributed by atoms with Crippen LogP contribution < -0.4 is 0 Å². The van der Waals surface area contributed by atoms with Crippen LogP contribution in [-0.2, 0) is 20.1 Å². The van der Waals surface area contributed by atoms with Gasteiger partial charge in [-0.1, -0.05) is 50.2 Å². The van der Waals surface area contributed by atoms with Crippen molar-refractivity contribution in [1.29, 1.82) is 0 Å². The molecular weight excluding hydrogens is 635 g/mol. The van der Waals surface area contributed by atoms with Gasteiger partial charge in [0.2, 0.25) is 0 Å². The van der Waals surface area contributed by atoms with Crippen LogP contribution >= 0.6 is 0 Å². The summed E-state index contributed by atoms with van der Waals surface area (Å²) in [6.07, 6.45) is 5.21. The van der Waals surface area contributed by atoms with E-state index in [1.165, 1.54) is 11.1 Å². The SMILES string of the molecule is CN=Cc1ccccc1O.Cc1c[c-]c(-c2ccccn2)cc1.Cc1c[c-]c(-c2ccccn2)cc1.[Ir]. The minimum absolute atomic E-state index is 0. The molecule has 189 valence electrons. The molecule has 5 heteroatoms. The number of benzene rings is 3. The van der Waals surface area contributed by atoms with Crippen LogP contribution in [0, 0.1) is 26.0 Å². The van der Waals surface area contributed by atoms with Crippen LogP contribution in [-0.4, -0.2) is 28.3 Å². The van der Waals surface area contributed by atoms with Gasteiger partial charge < -0.3 is 15.1 Å². The topological polar surface area (TPSA) is 58.4 Å². The van der Waals surface area contributed by atoms with Crippen molar-refractivity contribution in [1.82, 2.24) is 9.97 Å². The molecule has 5 rings (SSSR count). The van der Waals surface area contributed by atoms with Crippen molar-refractivity contribution in [2.24, 2.45) is 4.99 Å². The van der Waals surface area contributed by atoms with E-state index in [4.69, 9.17) is 5.11 Å². The predicted molar refractivity (Wildman–Crippen MR) is 148 cm³/mol. The standard InChI is InChI=1S/2C12H10N.C8H9NO.Ir/c2*1-10-5-7-11(8-6-10)12-4-2-3-9-13-12;1-9-6-7-4-2-3-5-8(7)10;/h2*2-7,9H,1H3;2-6,10H,1H3;/q2*-1;;. The van der Waals surface area contributed by atoms with E-state index in [0.717, 1.165) is 28.1 Å². The molecule has 4 nitrogen and oxygen atoms in total. The summed E-state index contributed by atoms with van der Waals surface area (Å²) in [4.78, 5) is 12.3.